The smallest absolute Gasteiger partial charge is 0.264 e. The highest BCUT2D eigenvalue weighted by molar-refractivity contribution is 5.55. The third-order valence-corrected chi connectivity index (χ3v) is 2.94. The Labute approximate surface area is 129 Å². The van der Waals surface area contributed by atoms with Crippen LogP contribution in [0.2, 0.25) is 0 Å². The minimum Gasteiger partial charge on any atom is -0.493 e. The minimum atomic E-state index is 0.194. The van der Waals surface area contributed by atoms with Crippen molar-refractivity contribution in [2.45, 2.75) is 20.0 Å². The second kappa shape index (κ2) is 8.19. The Morgan fingerprint density at radius 2 is 2.09 bits per heavy atom. The van der Waals surface area contributed by atoms with Gasteiger partial charge in [-0.2, -0.15) is 4.98 Å². The van der Waals surface area contributed by atoms with E-state index in [1.807, 2.05) is 37.3 Å². The Kier molecular flexibility index (Phi) is 5.97. The summed E-state index contributed by atoms with van der Waals surface area (Å²) in [7, 11) is 3.24. The number of benzene rings is 1. The molecule has 0 atom stereocenters. The molecule has 22 heavy (non-hydrogen) atoms. The van der Waals surface area contributed by atoms with E-state index in [-0.39, 0.29) is 6.61 Å². The van der Waals surface area contributed by atoms with Gasteiger partial charge in [0.1, 0.15) is 0 Å². The zero-order chi connectivity index (χ0) is 15.8. The topological polar surface area (TPSA) is 66.6 Å². The molecule has 0 saturated heterocycles. The first-order valence-electron chi connectivity index (χ1n) is 7.00. The van der Waals surface area contributed by atoms with Crippen LogP contribution < -0.4 is 9.47 Å². The Balaban J connectivity index is 2.00. The lowest BCUT2D eigenvalue weighted by atomic mass is 10.2. The molecule has 2 aromatic rings. The second-order valence-electron chi connectivity index (χ2n) is 4.55. The molecule has 0 N–H and O–H groups in total. The highest BCUT2D eigenvalue weighted by Gasteiger charge is 2.10. The maximum absolute atomic E-state index is 5.69. The van der Waals surface area contributed by atoms with Crippen LogP contribution in [0.3, 0.4) is 0 Å². The molecule has 1 aromatic carbocycles. The van der Waals surface area contributed by atoms with E-state index in [4.69, 9.17) is 18.7 Å². The van der Waals surface area contributed by atoms with Crippen LogP contribution in [0.25, 0.3) is 6.08 Å². The van der Waals surface area contributed by atoms with Crippen molar-refractivity contribution in [1.29, 1.82) is 0 Å². The molecule has 0 radical (unpaired) electrons. The van der Waals surface area contributed by atoms with Gasteiger partial charge in [0.05, 0.1) is 13.7 Å². The summed E-state index contributed by atoms with van der Waals surface area (Å²) in [5, 5.41) is 3.86. The average molecular weight is 304 g/mol. The standard InChI is InChI=1S/C16H20N2O4/c1-4-5-12-6-7-13(14(10-12)20-3)21-11-16-17-15(18-22-16)8-9-19-2/h4-7,10H,8-9,11H2,1-3H3. The molecule has 0 bridgehead atoms. The van der Waals surface area contributed by atoms with Gasteiger partial charge in [0.15, 0.2) is 23.9 Å². The summed E-state index contributed by atoms with van der Waals surface area (Å²) in [5.74, 6) is 2.32. The van der Waals surface area contributed by atoms with Crippen LogP contribution >= 0.6 is 0 Å². The zero-order valence-corrected chi connectivity index (χ0v) is 13.0. The molecular formula is C16H20N2O4. The summed E-state index contributed by atoms with van der Waals surface area (Å²) in [5.41, 5.74) is 1.05. The maximum atomic E-state index is 5.69. The number of methoxy groups -OCH3 is 2. The van der Waals surface area contributed by atoms with Gasteiger partial charge in [-0.3, -0.25) is 0 Å². The minimum absolute atomic E-state index is 0.194. The number of aromatic nitrogens is 2. The summed E-state index contributed by atoms with van der Waals surface area (Å²) in [6, 6.07) is 5.72. The first kappa shape index (κ1) is 16.0. The Morgan fingerprint density at radius 1 is 1.23 bits per heavy atom. The molecule has 0 amide bonds. The fraction of sp³-hybridized carbons (Fsp3) is 0.375. The summed E-state index contributed by atoms with van der Waals surface area (Å²) < 4.78 is 21.1. The maximum Gasteiger partial charge on any atom is 0.264 e. The van der Waals surface area contributed by atoms with E-state index in [1.165, 1.54) is 0 Å². The fourth-order valence-corrected chi connectivity index (χ4v) is 1.88. The van der Waals surface area contributed by atoms with E-state index in [0.29, 0.717) is 36.2 Å². The van der Waals surface area contributed by atoms with E-state index in [9.17, 15) is 0 Å². The van der Waals surface area contributed by atoms with Gasteiger partial charge in [0, 0.05) is 13.5 Å². The van der Waals surface area contributed by atoms with Gasteiger partial charge in [-0.1, -0.05) is 23.4 Å². The molecule has 0 aliphatic heterocycles. The summed E-state index contributed by atoms with van der Waals surface area (Å²) in [4.78, 5) is 4.23. The predicted molar refractivity (Wildman–Crippen MR) is 81.9 cm³/mol. The van der Waals surface area contributed by atoms with Gasteiger partial charge in [-0.05, 0) is 24.6 Å². The first-order chi connectivity index (χ1) is 10.8. The van der Waals surface area contributed by atoms with Crippen molar-refractivity contribution in [3.05, 3.63) is 41.6 Å². The Morgan fingerprint density at radius 3 is 2.82 bits per heavy atom. The monoisotopic (exact) mass is 304 g/mol. The van der Waals surface area contributed by atoms with Crippen LogP contribution in [0, 0.1) is 0 Å². The van der Waals surface area contributed by atoms with Crippen molar-refractivity contribution in [3.8, 4) is 11.5 Å². The average Bonchev–Trinajstić information content (AvgIpc) is 2.99. The van der Waals surface area contributed by atoms with Gasteiger partial charge in [-0.15, -0.1) is 0 Å². The molecule has 6 heteroatoms. The molecule has 0 aliphatic carbocycles. The number of rotatable bonds is 8. The van der Waals surface area contributed by atoms with E-state index < -0.39 is 0 Å². The van der Waals surface area contributed by atoms with Crippen molar-refractivity contribution in [2.24, 2.45) is 0 Å². The quantitative estimate of drug-likeness (QED) is 0.747. The summed E-state index contributed by atoms with van der Waals surface area (Å²) >= 11 is 0. The number of ether oxygens (including phenoxy) is 3. The van der Waals surface area contributed by atoms with E-state index in [2.05, 4.69) is 10.1 Å². The van der Waals surface area contributed by atoms with Crippen LogP contribution in [0.15, 0.2) is 28.8 Å². The van der Waals surface area contributed by atoms with Crippen LogP contribution in [0.4, 0.5) is 0 Å². The highest BCUT2D eigenvalue weighted by atomic mass is 16.5. The van der Waals surface area contributed by atoms with Crippen LogP contribution in [0.1, 0.15) is 24.2 Å². The van der Waals surface area contributed by atoms with Crippen molar-refractivity contribution in [1.82, 2.24) is 10.1 Å². The third kappa shape index (κ3) is 4.33. The molecule has 118 valence electrons. The lowest BCUT2D eigenvalue weighted by Gasteiger charge is -2.09. The van der Waals surface area contributed by atoms with E-state index >= 15 is 0 Å². The molecular weight excluding hydrogens is 284 g/mol. The van der Waals surface area contributed by atoms with Crippen molar-refractivity contribution in [3.63, 3.8) is 0 Å². The number of nitrogens with zero attached hydrogens (tertiary/aromatic N) is 2. The molecule has 1 heterocycles. The van der Waals surface area contributed by atoms with Crippen molar-refractivity contribution in [2.75, 3.05) is 20.8 Å². The highest BCUT2D eigenvalue weighted by Crippen LogP contribution is 2.29. The van der Waals surface area contributed by atoms with E-state index in [0.717, 1.165) is 5.56 Å². The van der Waals surface area contributed by atoms with Crippen LogP contribution in [-0.4, -0.2) is 31.0 Å². The van der Waals surface area contributed by atoms with Crippen molar-refractivity contribution >= 4 is 6.08 Å². The third-order valence-electron chi connectivity index (χ3n) is 2.94. The van der Waals surface area contributed by atoms with Gasteiger partial charge in [0.25, 0.3) is 5.89 Å². The van der Waals surface area contributed by atoms with Crippen molar-refractivity contribution < 1.29 is 18.7 Å². The number of allylic oxidation sites excluding steroid dienone is 1. The molecule has 0 aliphatic rings. The van der Waals surface area contributed by atoms with Gasteiger partial charge < -0.3 is 18.7 Å². The van der Waals surface area contributed by atoms with E-state index in [1.54, 1.807) is 14.2 Å². The molecule has 0 unspecified atom stereocenters. The second-order valence-corrected chi connectivity index (χ2v) is 4.55. The summed E-state index contributed by atoms with van der Waals surface area (Å²) in [6.45, 7) is 2.72. The molecule has 0 spiro atoms. The molecule has 0 saturated carbocycles. The first-order valence-corrected chi connectivity index (χ1v) is 7.00. The van der Waals surface area contributed by atoms with Gasteiger partial charge in [0.2, 0.25) is 0 Å². The summed E-state index contributed by atoms with van der Waals surface area (Å²) in [6.07, 6.45) is 4.57. The lowest BCUT2D eigenvalue weighted by molar-refractivity contribution is 0.199. The molecule has 0 fully saturated rings. The fourth-order valence-electron chi connectivity index (χ4n) is 1.88. The lowest BCUT2D eigenvalue weighted by Crippen LogP contribution is -2.00. The van der Waals surface area contributed by atoms with Gasteiger partial charge >= 0.3 is 0 Å². The Bertz CT molecular complexity index is 622. The largest absolute Gasteiger partial charge is 0.493 e. The molecule has 1 aromatic heterocycles. The van der Waals surface area contributed by atoms with Gasteiger partial charge in [-0.25, -0.2) is 0 Å². The Hall–Kier alpha value is -2.34. The normalized spacial score (nSPS) is 11.0. The molecule has 2 rings (SSSR count). The molecule has 6 nitrogen and oxygen atoms in total. The number of hydrogen-bond acceptors (Lipinski definition) is 6. The van der Waals surface area contributed by atoms with Crippen LogP contribution in [-0.2, 0) is 17.8 Å². The predicted octanol–water partition coefficient (Wildman–Crippen LogP) is 2.88. The van der Waals surface area contributed by atoms with Crippen LogP contribution in [0.5, 0.6) is 11.5 Å². The SMILES string of the molecule is CC=Cc1ccc(OCc2nc(CCOC)no2)c(OC)c1. The number of hydrogen-bond donors (Lipinski definition) is 0. The zero-order valence-electron chi connectivity index (χ0n) is 13.0.